The topological polar surface area (TPSA) is 54.0 Å². The molecular formula is C14H29O5P. The van der Waals surface area contributed by atoms with Crippen molar-refractivity contribution in [3.05, 3.63) is 0 Å². The number of esters is 1. The third kappa shape index (κ3) is 11.6. The Bertz CT molecular complexity index is 226. The van der Waals surface area contributed by atoms with Crippen molar-refractivity contribution >= 4 is 15.4 Å². The van der Waals surface area contributed by atoms with Crippen LogP contribution < -0.4 is 0 Å². The average molecular weight is 308 g/mol. The minimum atomic E-state index is -0.486. The van der Waals surface area contributed by atoms with E-state index in [9.17, 15) is 4.79 Å². The van der Waals surface area contributed by atoms with Gasteiger partial charge in [0, 0.05) is 16.1 Å². The molecule has 0 aromatic heterocycles. The Kier molecular flexibility index (Phi) is 15.0. The summed E-state index contributed by atoms with van der Waals surface area (Å²) in [5, 5.41) is 0. The summed E-state index contributed by atoms with van der Waals surface area (Å²) in [5.41, 5.74) is 0. The van der Waals surface area contributed by atoms with Gasteiger partial charge in [-0.25, -0.2) is 4.79 Å². The molecule has 0 radical (unpaired) electrons. The first-order valence-electron chi connectivity index (χ1n) is 7.43. The van der Waals surface area contributed by atoms with E-state index >= 15 is 0 Å². The first-order chi connectivity index (χ1) is 9.76. The number of unbranched alkanes of at least 4 members (excludes halogenated alkanes) is 3. The molecule has 120 valence electrons. The Labute approximate surface area is 125 Å². The standard InChI is InChI=1S/C14H29O5P/c1-3-5-6-7-8-13(19-20)14(15)18-12-11-17-10-9-16-4-2/h13H,3-12,20H2,1-2H3. The summed E-state index contributed by atoms with van der Waals surface area (Å²) in [7, 11) is 2.14. The molecule has 0 fully saturated rings. The Morgan fingerprint density at radius 2 is 1.70 bits per heavy atom. The van der Waals surface area contributed by atoms with Crippen LogP contribution >= 0.6 is 9.47 Å². The van der Waals surface area contributed by atoms with E-state index < -0.39 is 6.10 Å². The fourth-order valence-electron chi connectivity index (χ4n) is 1.66. The van der Waals surface area contributed by atoms with Crippen molar-refractivity contribution in [1.29, 1.82) is 0 Å². The number of hydrogen-bond acceptors (Lipinski definition) is 5. The molecule has 0 aromatic carbocycles. The monoisotopic (exact) mass is 308 g/mol. The van der Waals surface area contributed by atoms with Gasteiger partial charge in [0.2, 0.25) is 0 Å². The number of carbonyl (C=O) groups excluding carboxylic acids is 1. The summed E-state index contributed by atoms with van der Waals surface area (Å²) in [6.45, 7) is 6.51. The van der Waals surface area contributed by atoms with E-state index in [0.29, 0.717) is 32.8 Å². The van der Waals surface area contributed by atoms with Crippen molar-refractivity contribution in [2.45, 2.75) is 52.1 Å². The lowest BCUT2D eigenvalue weighted by molar-refractivity contribution is -0.153. The molecule has 0 aliphatic heterocycles. The quantitative estimate of drug-likeness (QED) is 0.280. The minimum absolute atomic E-state index is 0.254. The van der Waals surface area contributed by atoms with Gasteiger partial charge in [-0.2, -0.15) is 0 Å². The van der Waals surface area contributed by atoms with Gasteiger partial charge in [-0.3, -0.25) is 0 Å². The van der Waals surface area contributed by atoms with Crippen LogP contribution in [0.3, 0.4) is 0 Å². The zero-order valence-electron chi connectivity index (χ0n) is 12.8. The second kappa shape index (κ2) is 15.2. The lowest BCUT2D eigenvalue weighted by Gasteiger charge is -2.14. The molecule has 0 bridgehead atoms. The number of rotatable bonds is 14. The van der Waals surface area contributed by atoms with Crippen LogP contribution in [0.1, 0.15) is 46.0 Å². The average Bonchev–Trinajstić information content (AvgIpc) is 2.46. The van der Waals surface area contributed by atoms with E-state index in [1.165, 1.54) is 12.8 Å². The molecule has 0 aromatic rings. The second-order valence-electron chi connectivity index (χ2n) is 4.45. The summed E-state index contributed by atoms with van der Waals surface area (Å²) in [5.74, 6) is -0.315. The van der Waals surface area contributed by atoms with E-state index in [4.69, 9.17) is 18.7 Å². The highest BCUT2D eigenvalue weighted by molar-refractivity contribution is 7.09. The molecule has 0 heterocycles. The van der Waals surface area contributed by atoms with Gasteiger partial charge < -0.3 is 18.7 Å². The second-order valence-corrected chi connectivity index (χ2v) is 4.72. The molecule has 20 heavy (non-hydrogen) atoms. The van der Waals surface area contributed by atoms with Gasteiger partial charge in [0.15, 0.2) is 6.10 Å². The summed E-state index contributed by atoms with van der Waals surface area (Å²) in [4.78, 5) is 11.7. The number of hydrogen-bond donors (Lipinski definition) is 0. The van der Waals surface area contributed by atoms with E-state index in [1.807, 2.05) is 6.92 Å². The van der Waals surface area contributed by atoms with Crippen molar-refractivity contribution in [2.75, 3.05) is 33.0 Å². The predicted octanol–water partition coefficient (Wildman–Crippen LogP) is 2.73. The largest absolute Gasteiger partial charge is 0.461 e. The molecule has 2 unspecified atom stereocenters. The van der Waals surface area contributed by atoms with Gasteiger partial charge in [-0.1, -0.05) is 32.6 Å². The molecular weight excluding hydrogens is 279 g/mol. The summed E-state index contributed by atoms with van der Waals surface area (Å²) in [6.07, 6.45) is 4.68. The normalized spacial score (nSPS) is 12.3. The highest BCUT2D eigenvalue weighted by atomic mass is 31.0. The van der Waals surface area contributed by atoms with Gasteiger partial charge >= 0.3 is 5.97 Å². The summed E-state index contributed by atoms with van der Waals surface area (Å²) >= 11 is 0. The molecule has 0 N–H and O–H groups in total. The minimum Gasteiger partial charge on any atom is -0.461 e. The van der Waals surface area contributed by atoms with Gasteiger partial charge in [-0.05, 0) is 13.3 Å². The van der Waals surface area contributed by atoms with Crippen molar-refractivity contribution < 1.29 is 23.5 Å². The van der Waals surface area contributed by atoms with Crippen LogP contribution in [0.4, 0.5) is 0 Å². The van der Waals surface area contributed by atoms with Crippen LogP contribution in [0.15, 0.2) is 0 Å². The predicted molar refractivity (Wildman–Crippen MR) is 81.6 cm³/mol. The third-order valence-corrected chi connectivity index (χ3v) is 3.12. The fraction of sp³-hybridized carbons (Fsp3) is 0.929. The zero-order chi connectivity index (χ0) is 15.1. The molecule has 0 amide bonds. The lowest BCUT2D eigenvalue weighted by atomic mass is 10.1. The van der Waals surface area contributed by atoms with Crippen LogP contribution in [-0.4, -0.2) is 45.1 Å². The molecule has 0 rings (SSSR count). The smallest absolute Gasteiger partial charge is 0.335 e. The van der Waals surface area contributed by atoms with Crippen LogP contribution in [0.2, 0.25) is 0 Å². The highest BCUT2D eigenvalue weighted by Crippen LogP contribution is 2.12. The Morgan fingerprint density at radius 1 is 1.00 bits per heavy atom. The molecule has 6 heteroatoms. The van der Waals surface area contributed by atoms with Crippen molar-refractivity contribution in [3.8, 4) is 0 Å². The van der Waals surface area contributed by atoms with Crippen molar-refractivity contribution in [1.82, 2.24) is 0 Å². The van der Waals surface area contributed by atoms with E-state index in [-0.39, 0.29) is 12.6 Å². The van der Waals surface area contributed by atoms with Crippen LogP contribution in [-0.2, 0) is 23.5 Å². The van der Waals surface area contributed by atoms with E-state index in [0.717, 1.165) is 12.8 Å². The van der Waals surface area contributed by atoms with Gasteiger partial charge in [0.05, 0.1) is 19.8 Å². The molecule has 2 atom stereocenters. The maximum atomic E-state index is 11.7. The van der Waals surface area contributed by atoms with E-state index in [2.05, 4.69) is 16.4 Å². The Balaban J connectivity index is 3.55. The first kappa shape index (κ1) is 19.8. The molecule has 0 saturated heterocycles. The summed E-state index contributed by atoms with van der Waals surface area (Å²) < 4.78 is 20.6. The summed E-state index contributed by atoms with van der Waals surface area (Å²) in [6, 6.07) is 0. The van der Waals surface area contributed by atoms with Crippen molar-refractivity contribution in [2.24, 2.45) is 0 Å². The first-order valence-corrected chi connectivity index (χ1v) is 7.91. The molecule has 0 aliphatic carbocycles. The maximum Gasteiger partial charge on any atom is 0.335 e. The Hall–Kier alpha value is -0.220. The molecule has 5 nitrogen and oxygen atoms in total. The highest BCUT2D eigenvalue weighted by Gasteiger charge is 2.18. The third-order valence-electron chi connectivity index (χ3n) is 2.80. The molecule has 0 aliphatic rings. The maximum absolute atomic E-state index is 11.7. The lowest BCUT2D eigenvalue weighted by Crippen LogP contribution is -2.25. The SMILES string of the molecule is CCCCCCC(OP)C(=O)OCCOCCOCC. The fourth-order valence-corrected chi connectivity index (χ4v) is 1.90. The zero-order valence-corrected chi connectivity index (χ0v) is 13.9. The van der Waals surface area contributed by atoms with E-state index in [1.54, 1.807) is 0 Å². The number of ether oxygens (including phenoxy) is 3. The van der Waals surface area contributed by atoms with Crippen LogP contribution in [0, 0.1) is 0 Å². The Morgan fingerprint density at radius 3 is 2.35 bits per heavy atom. The van der Waals surface area contributed by atoms with Crippen LogP contribution in [0.25, 0.3) is 0 Å². The van der Waals surface area contributed by atoms with Gasteiger partial charge in [0.25, 0.3) is 0 Å². The van der Waals surface area contributed by atoms with Crippen LogP contribution in [0.5, 0.6) is 0 Å². The van der Waals surface area contributed by atoms with Gasteiger partial charge in [-0.15, -0.1) is 0 Å². The van der Waals surface area contributed by atoms with Crippen molar-refractivity contribution in [3.63, 3.8) is 0 Å². The molecule has 0 saturated carbocycles. The number of carbonyl (C=O) groups is 1. The van der Waals surface area contributed by atoms with Gasteiger partial charge in [0.1, 0.15) is 6.61 Å². The molecule has 0 spiro atoms.